The van der Waals surface area contributed by atoms with Gasteiger partial charge in [0.25, 0.3) is 0 Å². The van der Waals surface area contributed by atoms with Crippen LogP contribution in [0.3, 0.4) is 0 Å². The second kappa shape index (κ2) is 72.9. The highest BCUT2D eigenvalue weighted by atomic mass is 31.2. The van der Waals surface area contributed by atoms with E-state index in [0.29, 0.717) is 25.7 Å². The zero-order valence-electron chi connectivity index (χ0n) is 63.2. The van der Waals surface area contributed by atoms with Gasteiger partial charge < -0.3 is 33.8 Å². The third-order valence-electron chi connectivity index (χ3n) is 17.9. The monoisotopic (exact) mass is 1430 g/mol. The lowest BCUT2D eigenvalue weighted by Crippen LogP contribution is -2.30. The molecule has 0 saturated carbocycles. The van der Waals surface area contributed by atoms with E-state index in [1.54, 1.807) is 0 Å². The van der Waals surface area contributed by atoms with Gasteiger partial charge in [0.2, 0.25) is 0 Å². The third kappa shape index (κ3) is 71.9. The molecule has 0 saturated heterocycles. The zero-order chi connectivity index (χ0) is 71.8. The molecule has 0 aromatic rings. The Morgan fingerprint density at radius 2 is 0.469 bits per heavy atom. The number of aliphatic hydroxyl groups excluding tert-OH is 1. The topological polar surface area (TPSA) is 237 Å². The Balaban J connectivity index is 5.30. The lowest BCUT2D eigenvalue weighted by molar-refractivity contribution is -0.161. The highest BCUT2D eigenvalue weighted by molar-refractivity contribution is 7.47. The Bertz CT molecular complexity index is 1950. The van der Waals surface area contributed by atoms with Gasteiger partial charge in [-0.1, -0.05) is 322 Å². The molecular weight excluding hydrogens is 1280 g/mol. The summed E-state index contributed by atoms with van der Waals surface area (Å²) < 4.78 is 68.6. The molecule has 0 spiro atoms. The number of carbonyl (C=O) groups excluding carboxylic acids is 4. The van der Waals surface area contributed by atoms with Crippen molar-refractivity contribution in [2.24, 2.45) is 0 Å². The van der Waals surface area contributed by atoms with Crippen LogP contribution in [0.2, 0.25) is 0 Å². The molecule has 0 bridgehead atoms. The van der Waals surface area contributed by atoms with Crippen LogP contribution in [0.4, 0.5) is 0 Å². The summed E-state index contributed by atoms with van der Waals surface area (Å²) in [4.78, 5) is 73.0. The Morgan fingerprint density at radius 1 is 0.276 bits per heavy atom. The number of phosphoric ester groups is 2. The van der Waals surface area contributed by atoms with Gasteiger partial charge in [0.1, 0.15) is 19.3 Å². The number of esters is 4. The van der Waals surface area contributed by atoms with Crippen molar-refractivity contribution >= 4 is 39.5 Å². The van der Waals surface area contributed by atoms with E-state index in [9.17, 15) is 43.2 Å². The predicted molar refractivity (Wildman–Crippen MR) is 400 cm³/mol. The highest BCUT2D eigenvalue weighted by Crippen LogP contribution is 2.45. The van der Waals surface area contributed by atoms with Crippen molar-refractivity contribution < 1.29 is 80.2 Å². The van der Waals surface area contributed by atoms with Crippen molar-refractivity contribution in [2.45, 2.75) is 418 Å². The normalized spacial score (nSPS) is 14.0. The fourth-order valence-corrected chi connectivity index (χ4v) is 13.3. The van der Waals surface area contributed by atoms with Crippen LogP contribution < -0.4 is 0 Å². The molecule has 0 heterocycles. The van der Waals surface area contributed by atoms with Gasteiger partial charge >= 0.3 is 39.5 Å². The molecule has 3 N–H and O–H groups in total. The van der Waals surface area contributed by atoms with Gasteiger partial charge in [-0.05, 0) is 77.0 Å². The van der Waals surface area contributed by atoms with E-state index in [1.165, 1.54) is 199 Å². The van der Waals surface area contributed by atoms with Crippen LogP contribution in [-0.4, -0.2) is 96.7 Å². The standard InChI is InChI=1S/C79H150O17P2/c1-5-9-13-17-21-25-29-33-36-40-44-48-52-56-60-64-77(82)90-70-75(96-79(84)66-62-58-54-50-46-42-38-35-31-27-23-19-15-11-7-3)72-94-98(87,88)92-68-73(80)67-91-97(85,86)93-71-74(69-89-76(81)63-59-55-51-47-43-39-32-28-24-20-16-12-8-4)95-78(83)65-61-57-53-49-45-41-37-34-30-26-22-18-14-10-6-2/h33,35-36,38,73-75,80H,5-32,34,37,39-72H2,1-4H3,(H,85,86)(H,87,88)/b36-33-,38-35-/t73-,74+,75+/m0/s1. The summed E-state index contributed by atoms with van der Waals surface area (Å²) in [6, 6.07) is 0. The minimum atomic E-state index is -4.97. The smallest absolute Gasteiger partial charge is 0.462 e. The van der Waals surface area contributed by atoms with Crippen molar-refractivity contribution in [1.29, 1.82) is 0 Å². The maximum Gasteiger partial charge on any atom is 0.472 e. The first kappa shape index (κ1) is 95.5. The van der Waals surface area contributed by atoms with Crippen molar-refractivity contribution in [3.63, 3.8) is 0 Å². The summed E-state index contributed by atoms with van der Waals surface area (Å²) in [5.74, 6) is -2.14. The molecular formula is C79H150O17P2. The van der Waals surface area contributed by atoms with Crippen LogP contribution in [0.25, 0.3) is 0 Å². The molecule has 0 aromatic heterocycles. The quantitative estimate of drug-likeness (QED) is 0.0169. The number of aliphatic hydroxyl groups is 1. The molecule has 0 aliphatic carbocycles. The Hall–Kier alpha value is -2.46. The molecule has 0 amide bonds. The summed E-state index contributed by atoms with van der Waals surface area (Å²) in [6.07, 6.45) is 67.2. The van der Waals surface area contributed by atoms with E-state index in [0.717, 1.165) is 122 Å². The Morgan fingerprint density at radius 3 is 0.704 bits per heavy atom. The molecule has 0 rings (SSSR count). The zero-order valence-corrected chi connectivity index (χ0v) is 65.0. The molecule has 578 valence electrons. The number of carbonyl (C=O) groups is 4. The van der Waals surface area contributed by atoms with E-state index in [-0.39, 0.29) is 25.7 Å². The number of unbranched alkanes of at least 4 members (excludes halogenated alkanes) is 48. The van der Waals surface area contributed by atoms with E-state index >= 15 is 0 Å². The fraction of sp³-hybridized carbons (Fsp3) is 0.899. The van der Waals surface area contributed by atoms with Gasteiger partial charge in [-0.25, -0.2) is 9.13 Å². The summed E-state index contributed by atoms with van der Waals surface area (Å²) in [6.45, 7) is 4.96. The van der Waals surface area contributed by atoms with Crippen LogP contribution in [0.5, 0.6) is 0 Å². The number of hydrogen-bond acceptors (Lipinski definition) is 15. The summed E-state index contributed by atoms with van der Waals surface area (Å²) in [7, 11) is -9.93. The molecule has 98 heavy (non-hydrogen) atoms. The number of phosphoric acid groups is 2. The van der Waals surface area contributed by atoms with Crippen molar-refractivity contribution in [3.05, 3.63) is 24.3 Å². The average molecular weight is 1430 g/mol. The van der Waals surface area contributed by atoms with E-state index in [4.69, 9.17) is 37.0 Å². The second-order valence-electron chi connectivity index (χ2n) is 27.7. The minimum Gasteiger partial charge on any atom is -0.462 e. The van der Waals surface area contributed by atoms with Crippen molar-refractivity contribution in [3.8, 4) is 0 Å². The number of ether oxygens (including phenoxy) is 4. The molecule has 0 aliphatic rings. The maximum atomic E-state index is 13.1. The van der Waals surface area contributed by atoms with E-state index in [2.05, 4.69) is 52.0 Å². The van der Waals surface area contributed by atoms with Gasteiger partial charge in [0.05, 0.1) is 26.4 Å². The average Bonchev–Trinajstić information content (AvgIpc) is 1.04. The van der Waals surface area contributed by atoms with Crippen LogP contribution in [0.1, 0.15) is 400 Å². The second-order valence-corrected chi connectivity index (χ2v) is 30.6. The largest absolute Gasteiger partial charge is 0.472 e. The Kier molecular flexibility index (Phi) is 71.0. The third-order valence-corrected chi connectivity index (χ3v) is 19.8. The van der Waals surface area contributed by atoms with Crippen molar-refractivity contribution in [1.82, 2.24) is 0 Å². The molecule has 0 aromatic carbocycles. The van der Waals surface area contributed by atoms with Gasteiger partial charge in [-0.15, -0.1) is 0 Å². The van der Waals surface area contributed by atoms with E-state index < -0.39 is 97.5 Å². The highest BCUT2D eigenvalue weighted by Gasteiger charge is 2.30. The minimum absolute atomic E-state index is 0.0911. The lowest BCUT2D eigenvalue weighted by atomic mass is 10.0. The van der Waals surface area contributed by atoms with Gasteiger partial charge in [-0.2, -0.15) is 0 Å². The van der Waals surface area contributed by atoms with Crippen molar-refractivity contribution in [2.75, 3.05) is 39.6 Å². The number of rotatable bonds is 78. The SMILES string of the molecule is CCCCCCCC/C=C\CCCCCCCC(=O)OC[C@H](COP(=O)(O)OC[C@@H](O)COP(=O)(O)OC[C@@H](COC(=O)CCCCCCCCCCCCCCC)OC(=O)CCCCCCCCCCCCCCCCC)OC(=O)CCCCCCC/C=C\CCCCCCCC. The lowest BCUT2D eigenvalue weighted by Gasteiger charge is -2.21. The molecule has 19 heteroatoms. The molecule has 0 radical (unpaired) electrons. The predicted octanol–water partition coefficient (Wildman–Crippen LogP) is 23.3. The van der Waals surface area contributed by atoms with Crippen LogP contribution in [-0.2, 0) is 65.4 Å². The molecule has 5 atom stereocenters. The van der Waals surface area contributed by atoms with Crippen LogP contribution in [0.15, 0.2) is 24.3 Å². The van der Waals surface area contributed by atoms with Gasteiger partial charge in [-0.3, -0.25) is 37.3 Å². The first-order valence-electron chi connectivity index (χ1n) is 40.6. The maximum absolute atomic E-state index is 13.1. The summed E-state index contributed by atoms with van der Waals surface area (Å²) in [5.41, 5.74) is 0. The summed E-state index contributed by atoms with van der Waals surface area (Å²) >= 11 is 0. The molecule has 0 aliphatic heterocycles. The first-order chi connectivity index (χ1) is 47.7. The molecule has 2 unspecified atom stereocenters. The fourth-order valence-electron chi connectivity index (χ4n) is 11.7. The summed E-state index contributed by atoms with van der Waals surface area (Å²) in [5, 5.41) is 10.6. The van der Waals surface area contributed by atoms with E-state index in [1.807, 2.05) is 0 Å². The van der Waals surface area contributed by atoms with Gasteiger partial charge in [0.15, 0.2) is 12.2 Å². The van der Waals surface area contributed by atoms with Crippen LogP contribution >= 0.6 is 15.6 Å². The van der Waals surface area contributed by atoms with Crippen LogP contribution in [0, 0.1) is 0 Å². The van der Waals surface area contributed by atoms with Gasteiger partial charge in [0, 0.05) is 25.7 Å². The number of allylic oxidation sites excluding steroid dienone is 4. The number of hydrogen-bond donors (Lipinski definition) is 3. The first-order valence-corrected chi connectivity index (χ1v) is 43.6. The Labute approximate surface area is 599 Å². The molecule has 0 fully saturated rings. The molecule has 17 nitrogen and oxygen atoms in total.